The average molecular weight is 575 g/mol. The number of carbonyl (C=O) groups excluding carboxylic acids is 1. The molecule has 0 heterocycles. The molecule has 3 N–H and O–H groups in total. The maximum atomic E-state index is 12.5. The van der Waals surface area contributed by atoms with Crippen LogP contribution in [0.5, 0.6) is 11.5 Å². The maximum absolute atomic E-state index is 12.5. The minimum absolute atomic E-state index is 0.0946. The predicted octanol–water partition coefficient (Wildman–Crippen LogP) is 6.24. The van der Waals surface area contributed by atoms with Crippen LogP contribution in [0.15, 0.2) is 78.9 Å². The fraction of sp³-hybridized carbons (Fsp3) is 0.429. The van der Waals surface area contributed by atoms with Crippen LogP contribution in [0.4, 0.5) is 0 Å². The molecular formula is C35H46N2O5. The van der Waals surface area contributed by atoms with E-state index in [4.69, 9.17) is 20.3 Å². The Morgan fingerprint density at radius 2 is 1.43 bits per heavy atom. The Labute approximate surface area is 250 Å². The highest BCUT2D eigenvalue weighted by Gasteiger charge is 2.13. The Bertz CT molecular complexity index is 1190. The lowest BCUT2D eigenvalue weighted by molar-refractivity contribution is -0.138. The van der Waals surface area contributed by atoms with Crippen molar-refractivity contribution < 1.29 is 24.2 Å². The molecule has 7 heteroatoms. The van der Waals surface area contributed by atoms with Gasteiger partial charge in [-0.1, -0.05) is 73.9 Å². The van der Waals surface area contributed by atoms with Crippen molar-refractivity contribution in [3.63, 3.8) is 0 Å². The van der Waals surface area contributed by atoms with Crippen LogP contribution in [0.1, 0.15) is 68.1 Å². The van der Waals surface area contributed by atoms with Crippen LogP contribution in [0.3, 0.4) is 0 Å². The Balaban J connectivity index is 0.000000603. The molecule has 0 bridgehead atoms. The van der Waals surface area contributed by atoms with Crippen molar-refractivity contribution in [1.29, 1.82) is 0 Å². The van der Waals surface area contributed by atoms with Gasteiger partial charge in [0.15, 0.2) is 0 Å². The second kappa shape index (κ2) is 17.9. The van der Waals surface area contributed by atoms with E-state index in [1.807, 2.05) is 49.5 Å². The molecule has 0 saturated heterocycles. The minimum Gasteiger partial charge on any atom is -0.493 e. The van der Waals surface area contributed by atoms with Gasteiger partial charge in [0.05, 0.1) is 25.6 Å². The second-order valence-electron chi connectivity index (χ2n) is 10.9. The van der Waals surface area contributed by atoms with E-state index >= 15 is 0 Å². The minimum atomic E-state index is -0.846. The van der Waals surface area contributed by atoms with E-state index in [9.17, 15) is 9.59 Å². The van der Waals surface area contributed by atoms with Crippen LogP contribution in [-0.2, 0) is 22.4 Å². The van der Waals surface area contributed by atoms with E-state index in [0.717, 1.165) is 23.3 Å². The van der Waals surface area contributed by atoms with E-state index in [1.54, 1.807) is 36.1 Å². The third-order valence-corrected chi connectivity index (χ3v) is 7.51. The molecule has 226 valence electrons. The third kappa shape index (κ3) is 12.0. The monoisotopic (exact) mass is 574 g/mol. The summed E-state index contributed by atoms with van der Waals surface area (Å²) in [5.41, 5.74) is 8.56. The van der Waals surface area contributed by atoms with E-state index in [1.165, 1.54) is 37.7 Å². The normalized spacial score (nSPS) is 13.8. The van der Waals surface area contributed by atoms with Gasteiger partial charge in [-0.3, -0.25) is 9.59 Å². The van der Waals surface area contributed by atoms with Gasteiger partial charge < -0.3 is 25.2 Å². The standard InChI is InChI=1S/C29H33NO5.C6H13N/c1-22(29(32)33)25-11-15-27(16-12-25)35-20-6-19-34-26-13-9-24(10-14-26)21-28(31)30(2)18-17-23-7-4-3-5-8-23;7-6-4-2-1-3-5-6/h3-5,7-16,22H,6,17-21H2,1-2H3,(H,32,33);6H,1-5,7H2. The number of amides is 1. The molecule has 1 aliphatic carbocycles. The van der Waals surface area contributed by atoms with Gasteiger partial charge in [-0.05, 0) is 67.1 Å². The van der Waals surface area contributed by atoms with Crippen LogP contribution in [0, 0.1) is 0 Å². The zero-order valence-corrected chi connectivity index (χ0v) is 25.0. The smallest absolute Gasteiger partial charge is 0.310 e. The van der Waals surface area contributed by atoms with Gasteiger partial charge in [0.1, 0.15) is 11.5 Å². The van der Waals surface area contributed by atoms with Crippen LogP contribution in [0.2, 0.25) is 0 Å². The number of likely N-dealkylation sites (N-methyl/N-ethyl adjacent to an activating group) is 1. The second-order valence-corrected chi connectivity index (χ2v) is 10.9. The topological polar surface area (TPSA) is 102 Å². The lowest BCUT2D eigenvalue weighted by atomic mass is 9.97. The van der Waals surface area contributed by atoms with Crippen molar-refractivity contribution in [2.75, 3.05) is 26.8 Å². The summed E-state index contributed by atoms with van der Waals surface area (Å²) >= 11 is 0. The number of carbonyl (C=O) groups is 2. The van der Waals surface area contributed by atoms with Gasteiger partial charge in [0.25, 0.3) is 0 Å². The highest BCUT2D eigenvalue weighted by molar-refractivity contribution is 5.78. The maximum Gasteiger partial charge on any atom is 0.310 e. The Kier molecular flexibility index (Phi) is 13.9. The lowest BCUT2D eigenvalue weighted by Gasteiger charge is -2.17. The molecule has 0 radical (unpaired) electrons. The number of carboxylic acid groups (broad SMARTS) is 1. The number of carboxylic acids is 1. The summed E-state index contributed by atoms with van der Waals surface area (Å²) in [4.78, 5) is 25.3. The molecule has 3 aromatic rings. The number of aliphatic carboxylic acids is 1. The number of ether oxygens (including phenoxy) is 2. The molecular weight excluding hydrogens is 528 g/mol. The molecule has 1 fully saturated rings. The molecule has 0 spiro atoms. The van der Waals surface area contributed by atoms with Gasteiger partial charge in [-0.25, -0.2) is 0 Å². The van der Waals surface area contributed by atoms with Gasteiger partial charge >= 0.3 is 5.97 Å². The molecule has 1 atom stereocenters. The number of benzene rings is 3. The lowest BCUT2D eigenvalue weighted by Crippen LogP contribution is -2.30. The molecule has 1 saturated carbocycles. The fourth-order valence-electron chi connectivity index (χ4n) is 4.65. The number of hydrogen-bond acceptors (Lipinski definition) is 5. The first-order valence-electron chi connectivity index (χ1n) is 15.0. The number of nitrogens with zero attached hydrogens (tertiary/aromatic N) is 1. The quantitative estimate of drug-likeness (QED) is 0.234. The van der Waals surface area contributed by atoms with E-state index in [2.05, 4.69) is 12.1 Å². The first-order chi connectivity index (χ1) is 20.3. The van der Waals surface area contributed by atoms with Gasteiger partial charge in [0.2, 0.25) is 5.91 Å². The molecule has 0 aromatic heterocycles. The molecule has 4 rings (SSSR count). The predicted molar refractivity (Wildman–Crippen MR) is 167 cm³/mol. The number of rotatable bonds is 13. The summed E-state index contributed by atoms with van der Waals surface area (Å²) in [5, 5.41) is 9.07. The van der Waals surface area contributed by atoms with E-state index in [-0.39, 0.29) is 5.91 Å². The summed E-state index contributed by atoms with van der Waals surface area (Å²) < 4.78 is 11.5. The first-order valence-corrected chi connectivity index (χ1v) is 15.0. The van der Waals surface area contributed by atoms with Crippen molar-refractivity contribution in [2.45, 2.75) is 70.3 Å². The summed E-state index contributed by atoms with van der Waals surface area (Å²) in [6.07, 6.45) is 8.58. The van der Waals surface area contributed by atoms with Crippen LogP contribution in [-0.4, -0.2) is 54.7 Å². The third-order valence-electron chi connectivity index (χ3n) is 7.51. The molecule has 1 unspecified atom stereocenters. The van der Waals surface area contributed by atoms with Crippen LogP contribution >= 0.6 is 0 Å². The largest absolute Gasteiger partial charge is 0.493 e. The average Bonchev–Trinajstić information content (AvgIpc) is 3.01. The van der Waals surface area contributed by atoms with E-state index in [0.29, 0.717) is 44.4 Å². The summed E-state index contributed by atoms with van der Waals surface area (Å²) in [6.45, 7) is 3.35. The summed E-state index contributed by atoms with van der Waals surface area (Å²) in [7, 11) is 1.84. The van der Waals surface area contributed by atoms with Crippen molar-refractivity contribution in [3.8, 4) is 11.5 Å². The van der Waals surface area contributed by atoms with Crippen LogP contribution in [0.25, 0.3) is 0 Å². The van der Waals surface area contributed by atoms with E-state index < -0.39 is 11.9 Å². The first kappa shape index (κ1) is 32.7. The van der Waals surface area contributed by atoms with Crippen molar-refractivity contribution in [1.82, 2.24) is 4.90 Å². The Hall–Kier alpha value is -3.84. The highest BCUT2D eigenvalue weighted by Crippen LogP contribution is 2.20. The van der Waals surface area contributed by atoms with Crippen molar-refractivity contribution >= 4 is 11.9 Å². The Morgan fingerprint density at radius 3 is 1.95 bits per heavy atom. The van der Waals surface area contributed by atoms with Gasteiger partial charge in [-0.2, -0.15) is 0 Å². The zero-order chi connectivity index (χ0) is 30.2. The fourth-order valence-corrected chi connectivity index (χ4v) is 4.65. The Morgan fingerprint density at radius 1 is 0.857 bits per heavy atom. The van der Waals surface area contributed by atoms with Gasteiger partial charge in [-0.15, -0.1) is 0 Å². The van der Waals surface area contributed by atoms with Crippen LogP contribution < -0.4 is 15.2 Å². The molecule has 7 nitrogen and oxygen atoms in total. The molecule has 42 heavy (non-hydrogen) atoms. The number of nitrogens with two attached hydrogens (primary N) is 1. The summed E-state index contributed by atoms with van der Waals surface area (Å²) in [5.74, 6) is 0.168. The molecule has 3 aromatic carbocycles. The highest BCUT2D eigenvalue weighted by atomic mass is 16.5. The molecule has 0 aliphatic heterocycles. The zero-order valence-electron chi connectivity index (χ0n) is 25.0. The molecule has 1 aliphatic rings. The SMILES string of the molecule is CC(C(=O)O)c1ccc(OCCCOc2ccc(CC(=O)N(C)CCc3ccccc3)cc2)cc1.NC1CCCCC1. The molecule has 1 amide bonds. The van der Waals surface area contributed by atoms with Crippen molar-refractivity contribution in [2.24, 2.45) is 5.73 Å². The number of hydrogen-bond donors (Lipinski definition) is 2. The van der Waals surface area contributed by atoms with Gasteiger partial charge in [0, 0.05) is 26.1 Å². The summed E-state index contributed by atoms with van der Waals surface area (Å²) in [6, 6.07) is 25.4. The van der Waals surface area contributed by atoms with Crippen molar-refractivity contribution in [3.05, 3.63) is 95.6 Å².